The van der Waals surface area contributed by atoms with E-state index in [2.05, 4.69) is 573 Å². The highest BCUT2D eigenvalue weighted by atomic mass is 15.0. The number of fused-ring (bicyclic) bond motifs is 24. The van der Waals surface area contributed by atoms with Crippen molar-refractivity contribution in [1.29, 1.82) is 0 Å². The van der Waals surface area contributed by atoms with Crippen LogP contribution in [0.4, 0.5) is 0 Å². The molecule has 0 saturated heterocycles. The molecule has 30 rings (SSSR count). The zero-order chi connectivity index (χ0) is 94.8. The van der Waals surface area contributed by atoms with Gasteiger partial charge in [0.1, 0.15) is 0 Å². The maximum atomic E-state index is 2.47. The number of rotatable bonds is 12. The second kappa shape index (κ2) is 34.5. The van der Waals surface area contributed by atoms with Crippen LogP contribution in [0.25, 0.3) is 264 Å². The first kappa shape index (κ1) is 83.1. The molecule has 6 nitrogen and oxygen atoms in total. The molecule has 0 amide bonds. The highest BCUT2D eigenvalue weighted by Crippen LogP contribution is 2.49. The lowest BCUT2D eigenvalue weighted by molar-refractivity contribution is 1.17. The molecule has 0 aliphatic heterocycles. The summed E-state index contributed by atoms with van der Waals surface area (Å²) >= 11 is 0. The minimum Gasteiger partial charge on any atom is -0.309 e. The van der Waals surface area contributed by atoms with Gasteiger partial charge >= 0.3 is 0 Å². The minimum absolute atomic E-state index is 1.15. The summed E-state index contributed by atoms with van der Waals surface area (Å²) in [4.78, 5) is 0. The summed E-state index contributed by atoms with van der Waals surface area (Å²) in [6.07, 6.45) is 0. The van der Waals surface area contributed by atoms with Crippen molar-refractivity contribution in [3.8, 4) is 101 Å². The van der Waals surface area contributed by atoms with E-state index < -0.39 is 0 Å². The molecule has 0 bridgehead atoms. The highest BCUT2D eigenvalue weighted by Gasteiger charge is 2.27. The van der Waals surface area contributed by atoms with E-state index in [4.69, 9.17) is 0 Å². The van der Waals surface area contributed by atoms with Crippen molar-refractivity contribution < 1.29 is 0 Å². The molecule has 6 heteroatoms. The molecule has 144 heavy (non-hydrogen) atoms. The van der Waals surface area contributed by atoms with Crippen LogP contribution in [0.3, 0.4) is 0 Å². The predicted octanol–water partition coefficient (Wildman–Crippen LogP) is 37.1. The third-order valence-electron chi connectivity index (χ3n) is 29.6. The van der Waals surface area contributed by atoms with Gasteiger partial charge in [-0.3, -0.25) is 0 Å². The van der Waals surface area contributed by atoms with Crippen LogP contribution < -0.4 is 0 Å². The maximum Gasteiger partial charge on any atom is 0.0619 e. The Bertz CT molecular complexity index is 10200. The van der Waals surface area contributed by atoms with Crippen molar-refractivity contribution >= 4 is 163 Å². The molecular formula is C138H90N6. The summed E-state index contributed by atoms with van der Waals surface area (Å²) in [5.41, 5.74) is 36.1. The normalized spacial score (nSPS) is 11.8. The molecule has 0 aliphatic carbocycles. The molecule has 0 radical (unpaired) electrons. The summed E-state index contributed by atoms with van der Waals surface area (Å²) in [6.45, 7) is 0. The smallest absolute Gasteiger partial charge is 0.0619 e. The van der Waals surface area contributed by atoms with Crippen LogP contribution in [0.2, 0.25) is 0 Å². The van der Waals surface area contributed by atoms with Gasteiger partial charge in [-0.1, -0.05) is 413 Å². The Hall–Kier alpha value is -19.1. The Morgan fingerprint density at radius 2 is 0.340 bits per heavy atom. The van der Waals surface area contributed by atoms with Crippen LogP contribution in [0, 0.1) is 0 Å². The monoisotopic (exact) mass is 1830 g/mol. The molecule has 0 unspecified atom stereocenters. The molecule has 0 saturated carbocycles. The van der Waals surface area contributed by atoms with Crippen LogP contribution in [0.15, 0.2) is 546 Å². The average Bonchev–Trinajstić information content (AvgIpc) is 1.50. The molecule has 30 aromatic rings. The van der Waals surface area contributed by atoms with Gasteiger partial charge in [0, 0.05) is 115 Å². The topological polar surface area (TPSA) is 29.6 Å². The molecule has 0 atom stereocenters. The van der Waals surface area contributed by atoms with E-state index in [0.29, 0.717) is 0 Å². The van der Waals surface area contributed by atoms with E-state index in [9.17, 15) is 0 Å². The lowest BCUT2D eigenvalue weighted by Gasteiger charge is -2.14. The minimum atomic E-state index is 1.15. The molecule has 0 aliphatic rings. The van der Waals surface area contributed by atoms with E-state index in [1.54, 1.807) is 0 Å². The number of hydrogen-bond donors (Lipinski definition) is 0. The Morgan fingerprint density at radius 3 is 0.701 bits per heavy atom. The predicted molar refractivity (Wildman–Crippen MR) is 610 cm³/mol. The van der Waals surface area contributed by atoms with Gasteiger partial charge in [-0.05, 0) is 216 Å². The molecule has 6 heterocycles. The van der Waals surface area contributed by atoms with Gasteiger partial charge in [-0.25, -0.2) is 0 Å². The molecule has 6 aromatic heterocycles. The van der Waals surface area contributed by atoms with Crippen LogP contribution in [0.5, 0.6) is 0 Å². The zero-order valence-corrected chi connectivity index (χ0v) is 78.6. The SMILES string of the molecule is c1ccc(-c2cc(-c3ccccc3)cc(-n3c4ccccc4c4cc5c6ccc7ccccc7c6n(-c6ccccc6)c5cc43)c2)cc1.c1ccc(-c2ccccc2-c2ccc(-n3c4ccccc4c4cc5c6ccc7ccccc7c6n(-c6ccccc6)c5cc43)cc2)cc1.c1ccc(-c2ccccc2-c2cccc(-n3c4ccccc4c4cc5c6ccc7ccccc7c6n(-c6ccccc6)c5cc43)c2)cc1. The summed E-state index contributed by atoms with van der Waals surface area (Å²) in [6, 6.07) is 199. The van der Waals surface area contributed by atoms with E-state index in [0.717, 1.165) is 34.1 Å². The second-order valence-corrected chi connectivity index (χ2v) is 37.7. The molecule has 672 valence electrons. The standard InChI is InChI=1S/3C46H30N2/c1-4-14-31(15-5-1)34-26-35(32-16-6-2-7-17-32)28-37(27-34)47-43-23-13-12-22-39(43)41-29-42-40-25-24-33-18-10-11-21-38(33)46(40)48(45(42)30-44(41)47)36-19-8-3-9-20-36;1-3-14-31(15-4-1)36-21-9-10-22-37(36)33-17-13-20-35(28-33)47-43-25-12-11-24-39(43)41-29-42-40-27-26-32-16-7-8-23-38(32)46(40)48(45(42)30-44(41)47)34-18-5-2-6-19-34;1-3-13-31(14-4-1)36-18-9-10-19-37(36)33-23-26-35(27-24-33)47-43-22-12-11-21-39(43)41-29-42-40-28-25-32-15-7-8-20-38(32)46(40)48(45(42)30-44(41)47)34-16-5-2-6-17-34/h3*1-30H. The number of aromatic nitrogens is 6. The van der Waals surface area contributed by atoms with E-state index in [1.807, 2.05) is 0 Å². The van der Waals surface area contributed by atoms with Crippen molar-refractivity contribution in [2.75, 3.05) is 0 Å². The molecule has 24 aromatic carbocycles. The summed E-state index contributed by atoms with van der Waals surface area (Å²) in [7, 11) is 0. The average molecular weight is 1830 g/mol. The second-order valence-electron chi connectivity index (χ2n) is 37.7. The van der Waals surface area contributed by atoms with Crippen molar-refractivity contribution in [2.24, 2.45) is 0 Å². The maximum absolute atomic E-state index is 2.47. The fourth-order valence-corrected chi connectivity index (χ4v) is 23.2. The lowest BCUT2D eigenvalue weighted by Crippen LogP contribution is -1.97. The van der Waals surface area contributed by atoms with E-state index in [1.165, 1.54) is 230 Å². The van der Waals surface area contributed by atoms with Crippen LogP contribution in [0.1, 0.15) is 0 Å². The molecule has 0 spiro atoms. The summed E-state index contributed by atoms with van der Waals surface area (Å²) < 4.78 is 14.7. The van der Waals surface area contributed by atoms with E-state index in [-0.39, 0.29) is 0 Å². The van der Waals surface area contributed by atoms with Gasteiger partial charge in [0.2, 0.25) is 0 Å². The van der Waals surface area contributed by atoms with Crippen molar-refractivity contribution in [1.82, 2.24) is 27.4 Å². The van der Waals surface area contributed by atoms with Gasteiger partial charge in [-0.15, -0.1) is 0 Å². The van der Waals surface area contributed by atoms with Gasteiger partial charge in [-0.2, -0.15) is 0 Å². The third kappa shape index (κ3) is 13.8. The number of benzene rings is 24. The first-order chi connectivity index (χ1) is 71.5. The molecular weight excluding hydrogens is 1740 g/mol. The summed E-state index contributed by atoms with van der Waals surface area (Å²) in [5, 5.41) is 22.7. The fraction of sp³-hybridized carbons (Fsp3) is 0. The first-order valence-corrected chi connectivity index (χ1v) is 49.6. The highest BCUT2D eigenvalue weighted by molar-refractivity contribution is 6.27. The van der Waals surface area contributed by atoms with Gasteiger partial charge in [0.05, 0.1) is 66.2 Å². The number of para-hydroxylation sites is 6. The van der Waals surface area contributed by atoms with E-state index >= 15 is 0 Å². The van der Waals surface area contributed by atoms with Gasteiger partial charge in [0.25, 0.3) is 0 Å². The number of hydrogen-bond acceptors (Lipinski definition) is 0. The fourth-order valence-electron chi connectivity index (χ4n) is 23.2. The van der Waals surface area contributed by atoms with Crippen molar-refractivity contribution in [2.45, 2.75) is 0 Å². The van der Waals surface area contributed by atoms with Crippen LogP contribution in [-0.4, -0.2) is 27.4 Å². The Morgan fingerprint density at radius 1 is 0.0972 bits per heavy atom. The number of nitrogens with zero attached hydrogens (tertiary/aromatic N) is 6. The largest absolute Gasteiger partial charge is 0.309 e. The Labute approximate surface area is 831 Å². The summed E-state index contributed by atoms with van der Waals surface area (Å²) in [5.74, 6) is 0. The van der Waals surface area contributed by atoms with Crippen LogP contribution in [-0.2, 0) is 0 Å². The van der Waals surface area contributed by atoms with Gasteiger partial charge in [0.15, 0.2) is 0 Å². The van der Waals surface area contributed by atoms with Crippen molar-refractivity contribution in [3.63, 3.8) is 0 Å². The Balaban J connectivity index is 0.000000105. The first-order valence-electron chi connectivity index (χ1n) is 49.6. The van der Waals surface area contributed by atoms with Gasteiger partial charge < -0.3 is 27.4 Å². The Kier molecular flexibility index (Phi) is 19.9. The van der Waals surface area contributed by atoms with Crippen LogP contribution >= 0.6 is 0 Å². The quantitative estimate of drug-likeness (QED) is 0.117. The third-order valence-corrected chi connectivity index (χ3v) is 29.6. The lowest BCUT2D eigenvalue weighted by atomic mass is 9.94. The molecule has 0 N–H and O–H groups in total. The zero-order valence-electron chi connectivity index (χ0n) is 78.6. The molecule has 0 fully saturated rings. The van der Waals surface area contributed by atoms with Crippen molar-refractivity contribution in [3.05, 3.63) is 546 Å².